The first kappa shape index (κ1) is 16.9. The lowest BCUT2D eigenvalue weighted by Crippen LogP contribution is -2.34. The molecule has 3 rings (SSSR count). The molecule has 1 saturated heterocycles. The summed E-state index contributed by atoms with van der Waals surface area (Å²) in [6.45, 7) is 3.49. The van der Waals surface area contributed by atoms with Gasteiger partial charge in [0.15, 0.2) is 0 Å². The molecule has 1 fully saturated rings. The van der Waals surface area contributed by atoms with Crippen LogP contribution in [0.5, 0.6) is 0 Å². The van der Waals surface area contributed by atoms with Crippen LogP contribution in [-0.4, -0.2) is 41.9 Å². The average Bonchev–Trinajstić information content (AvgIpc) is 2.62. The van der Waals surface area contributed by atoms with Gasteiger partial charge in [-0.25, -0.2) is 0 Å². The highest BCUT2D eigenvalue weighted by molar-refractivity contribution is 7.99. The molecule has 0 aromatic heterocycles. The average molecular weight is 341 g/mol. The maximum absolute atomic E-state index is 12.3. The molecule has 0 saturated carbocycles. The molecule has 1 aliphatic rings. The maximum atomic E-state index is 12.3. The van der Waals surface area contributed by atoms with Crippen LogP contribution in [-0.2, 0) is 6.42 Å². The van der Waals surface area contributed by atoms with E-state index in [0.717, 1.165) is 18.7 Å². The zero-order valence-electron chi connectivity index (χ0n) is 13.7. The summed E-state index contributed by atoms with van der Waals surface area (Å²) in [6, 6.07) is 15.2. The number of anilines is 2. The molecule has 0 aliphatic carbocycles. The predicted octanol–water partition coefficient (Wildman–Crippen LogP) is 3.11. The van der Waals surface area contributed by atoms with Crippen molar-refractivity contribution in [1.82, 2.24) is 4.90 Å². The summed E-state index contributed by atoms with van der Waals surface area (Å²) in [5.74, 6) is 2.31. The molecule has 0 bridgehead atoms. The van der Waals surface area contributed by atoms with E-state index in [1.165, 1.54) is 30.2 Å². The monoisotopic (exact) mass is 341 g/mol. The molecule has 2 aromatic rings. The Hall–Kier alpha value is -1.98. The van der Waals surface area contributed by atoms with Gasteiger partial charge in [-0.2, -0.15) is 11.8 Å². The van der Waals surface area contributed by atoms with Crippen molar-refractivity contribution in [1.29, 1.82) is 0 Å². The number of hydrogen-bond acceptors (Lipinski definition) is 4. The van der Waals surface area contributed by atoms with Crippen LogP contribution in [0.25, 0.3) is 0 Å². The Labute approximate surface area is 147 Å². The van der Waals surface area contributed by atoms with Gasteiger partial charge < -0.3 is 16.0 Å². The van der Waals surface area contributed by atoms with E-state index in [2.05, 4.69) is 22.3 Å². The van der Waals surface area contributed by atoms with Crippen molar-refractivity contribution in [3.8, 4) is 0 Å². The SMILES string of the molecule is Nc1ccccc1C(=O)Nc1ccc(CCN2CCSCC2)cc1. The van der Waals surface area contributed by atoms with E-state index in [1.807, 2.05) is 36.0 Å². The third-order valence-electron chi connectivity index (χ3n) is 4.24. The third kappa shape index (κ3) is 4.52. The van der Waals surface area contributed by atoms with E-state index >= 15 is 0 Å². The number of benzene rings is 2. The van der Waals surface area contributed by atoms with Crippen molar-refractivity contribution in [3.05, 3.63) is 59.7 Å². The number of carbonyl (C=O) groups excluding carboxylic acids is 1. The van der Waals surface area contributed by atoms with Gasteiger partial charge in [0, 0.05) is 42.5 Å². The van der Waals surface area contributed by atoms with E-state index in [0.29, 0.717) is 11.3 Å². The van der Waals surface area contributed by atoms with E-state index in [9.17, 15) is 4.79 Å². The van der Waals surface area contributed by atoms with Crippen LogP contribution >= 0.6 is 11.8 Å². The van der Waals surface area contributed by atoms with Gasteiger partial charge in [-0.1, -0.05) is 24.3 Å². The van der Waals surface area contributed by atoms with Crippen molar-refractivity contribution in [2.24, 2.45) is 0 Å². The zero-order chi connectivity index (χ0) is 16.8. The number of nitrogen functional groups attached to an aromatic ring is 1. The molecule has 0 atom stereocenters. The second-order valence-corrected chi connectivity index (χ2v) is 7.17. The fraction of sp³-hybridized carbons (Fsp3) is 0.316. The molecule has 0 radical (unpaired) electrons. The Kier molecular flexibility index (Phi) is 5.77. The standard InChI is InChI=1S/C19H23N3OS/c20-18-4-2-1-3-17(18)19(23)21-16-7-5-15(6-8-16)9-10-22-11-13-24-14-12-22/h1-8H,9-14,20H2,(H,21,23). The minimum Gasteiger partial charge on any atom is -0.398 e. The van der Waals surface area contributed by atoms with E-state index < -0.39 is 0 Å². The first-order valence-corrected chi connectivity index (χ1v) is 9.43. The first-order chi connectivity index (χ1) is 11.7. The topological polar surface area (TPSA) is 58.4 Å². The van der Waals surface area contributed by atoms with Crippen LogP contribution in [0.2, 0.25) is 0 Å². The number of nitrogens with two attached hydrogens (primary N) is 1. The molecule has 1 heterocycles. The number of nitrogens with one attached hydrogen (secondary N) is 1. The fourth-order valence-corrected chi connectivity index (χ4v) is 3.75. The van der Waals surface area contributed by atoms with Gasteiger partial charge >= 0.3 is 0 Å². The molecular formula is C19H23N3OS. The highest BCUT2D eigenvalue weighted by atomic mass is 32.2. The maximum Gasteiger partial charge on any atom is 0.257 e. The van der Waals surface area contributed by atoms with Crippen LogP contribution in [0.3, 0.4) is 0 Å². The molecule has 3 N–H and O–H groups in total. The van der Waals surface area contributed by atoms with Gasteiger partial charge in [-0.15, -0.1) is 0 Å². The summed E-state index contributed by atoms with van der Waals surface area (Å²) in [4.78, 5) is 14.8. The molecule has 24 heavy (non-hydrogen) atoms. The minimum atomic E-state index is -0.174. The van der Waals surface area contributed by atoms with Crippen LogP contribution in [0.1, 0.15) is 15.9 Å². The van der Waals surface area contributed by atoms with Gasteiger partial charge in [-0.3, -0.25) is 4.79 Å². The predicted molar refractivity (Wildman–Crippen MR) is 103 cm³/mol. The van der Waals surface area contributed by atoms with Crippen LogP contribution < -0.4 is 11.1 Å². The van der Waals surface area contributed by atoms with Gasteiger partial charge in [0.2, 0.25) is 0 Å². The molecular weight excluding hydrogens is 318 g/mol. The van der Waals surface area contributed by atoms with Gasteiger partial charge in [0.25, 0.3) is 5.91 Å². The second-order valence-electron chi connectivity index (χ2n) is 5.94. The Morgan fingerprint density at radius 1 is 1.08 bits per heavy atom. The van der Waals surface area contributed by atoms with Crippen LogP contribution in [0.15, 0.2) is 48.5 Å². The van der Waals surface area contributed by atoms with E-state index in [4.69, 9.17) is 5.73 Å². The van der Waals surface area contributed by atoms with E-state index in [1.54, 1.807) is 12.1 Å². The molecule has 2 aromatic carbocycles. The lowest BCUT2D eigenvalue weighted by Gasteiger charge is -2.26. The van der Waals surface area contributed by atoms with Gasteiger partial charge in [-0.05, 0) is 36.2 Å². The molecule has 1 amide bonds. The van der Waals surface area contributed by atoms with Gasteiger partial charge in [0.1, 0.15) is 0 Å². The third-order valence-corrected chi connectivity index (χ3v) is 5.18. The Morgan fingerprint density at radius 2 is 1.79 bits per heavy atom. The number of nitrogens with zero attached hydrogens (tertiary/aromatic N) is 1. The summed E-state index contributed by atoms with van der Waals surface area (Å²) < 4.78 is 0. The summed E-state index contributed by atoms with van der Waals surface area (Å²) in [7, 11) is 0. The van der Waals surface area contributed by atoms with E-state index in [-0.39, 0.29) is 5.91 Å². The largest absolute Gasteiger partial charge is 0.398 e. The van der Waals surface area contributed by atoms with Crippen molar-refractivity contribution in [2.45, 2.75) is 6.42 Å². The lowest BCUT2D eigenvalue weighted by molar-refractivity contribution is 0.102. The number of para-hydroxylation sites is 1. The summed E-state index contributed by atoms with van der Waals surface area (Å²) >= 11 is 2.04. The van der Waals surface area contributed by atoms with Crippen LogP contribution in [0.4, 0.5) is 11.4 Å². The highest BCUT2D eigenvalue weighted by Gasteiger charge is 2.11. The second kappa shape index (κ2) is 8.22. The number of hydrogen-bond donors (Lipinski definition) is 2. The number of thioether (sulfide) groups is 1. The highest BCUT2D eigenvalue weighted by Crippen LogP contribution is 2.16. The molecule has 1 aliphatic heterocycles. The van der Waals surface area contributed by atoms with Crippen molar-refractivity contribution < 1.29 is 4.79 Å². The zero-order valence-corrected chi connectivity index (χ0v) is 14.5. The number of amides is 1. The van der Waals surface area contributed by atoms with Crippen LogP contribution in [0, 0.1) is 0 Å². The number of rotatable bonds is 5. The summed E-state index contributed by atoms with van der Waals surface area (Å²) in [6.07, 6.45) is 1.05. The smallest absolute Gasteiger partial charge is 0.257 e. The summed E-state index contributed by atoms with van der Waals surface area (Å²) in [5.41, 5.74) is 8.93. The van der Waals surface area contributed by atoms with Crippen molar-refractivity contribution >= 4 is 29.0 Å². The first-order valence-electron chi connectivity index (χ1n) is 8.27. The minimum absolute atomic E-state index is 0.174. The molecule has 126 valence electrons. The molecule has 0 unspecified atom stereocenters. The Balaban J connectivity index is 1.54. The normalized spacial score (nSPS) is 15.2. The summed E-state index contributed by atoms with van der Waals surface area (Å²) in [5, 5.41) is 2.90. The van der Waals surface area contributed by atoms with Gasteiger partial charge in [0.05, 0.1) is 5.56 Å². The molecule has 5 heteroatoms. The molecule has 0 spiro atoms. The molecule has 4 nitrogen and oxygen atoms in total. The lowest BCUT2D eigenvalue weighted by atomic mass is 10.1. The van der Waals surface area contributed by atoms with Crippen molar-refractivity contribution in [3.63, 3.8) is 0 Å². The quantitative estimate of drug-likeness (QED) is 0.821. The fourth-order valence-electron chi connectivity index (χ4n) is 2.77. The number of carbonyl (C=O) groups is 1. The Morgan fingerprint density at radius 3 is 2.50 bits per heavy atom. The van der Waals surface area contributed by atoms with Crippen molar-refractivity contribution in [2.75, 3.05) is 42.2 Å². The Bertz CT molecular complexity index is 681.